The number of hydrogen-bond acceptors (Lipinski definition) is 31. The van der Waals surface area contributed by atoms with Crippen molar-refractivity contribution >= 4 is 172 Å². The van der Waals surface area contributed by atoms with Crippen molar-refractivity contribution in [3.8, 4) is 6.07 Å². The minimum absolute atomic E-state index is 0.0526. The fourth-order valence-electron chi connectivity index (χ4n) is 14.8. The number of nitriles is 1. The number of halogens is 6. The van der Waals surface area contributed by atoms with E-state index in [-0.39, 0.29) is 71.1 Å². The first-order chi connectivity index (χ1) is 66.5. The number of carbonyl (C=O) groups excluding carboxylic acids is 5. The molecule has 6 saturated heterocycles. The van der Waals surface area contributed by atoms with Crippen molar-refractivity contribution in [1.82, 2.24) is 44.9 Å². The fourth-order valence-corrected chi connectivity index (χ4v) is 15.6. The first kappa shape index (κ1) is 105. The van der Waals surface area contributed by atoms with E-state index < -0.39 is 29.7 Å². The molecule has 0 aliphatic carbocycles. The molecule has 726 valence electrons. The summed E-state index contributed by atoms with van der Waals surface area (Å²) in [5, 5.41) is 27.9. The number of carbonyl (C=O) groups is 6. The molecular formula is C95H100Cl5FN18O19. The van der Waals surface area contributed by atoms with Gasteiger partial charge in [0, 0.05) is 147 Å². The molecule has 0 atom stereocenters. The van der Waals surface area contributed by atoms with Gasteiger partial charge in [-0.1, -0.05) is 58.0 Å². The number of fused-ring (bicyclic) bond motifs is 3. The summed E-state index contributed by atoms with van der Waals surface area (Å²) in [6.07, 6.45) is 12.7. The molecular weight excluding hydrogens is 1890 g/mol. The molecule has 0 bridgehead atoms. The van der Waals surface area contributed by atoms with Gasteiger partial charge in [0.1, 0.15) is 37.5 Å². The number of ether oxygens (including phenoxy) is 9. The van der Waals surface area contributed by atoms with Gasteiger partial charge in [0.25, 0.3) is 11.8 Å². The van der Waals surface area contributed by atoms with Crippen LogP contribution in [0.1, 0.15) is 104 Å². The molecule has 0 spiro atoms. The molecule has 2 amide bonds. The Morgan fingerprint density at radius 2 is 0.681 bits per heavy atom. The number of hydrogen-bond donors (Lipinski definition) is 7. The second kappa shape index (κ2) is 52.1. The molecule has 138 heavy (non-hydrogen) atoms. The molecule has 15 heterocycles. The smallest absolute Gasteiger partial charge is 0.341 e. The molecule has 43 heteroatoms. The van der Waals surface area contributed by atoms with Gasteiger partial charge >= 0.3 is 23.9 Å². The van der Waals surface area contributed by atoms with E-state index in [9.17, 15) is 52.8 Å². The summed E-state index contributed by atoms with van der Waals surface area (Å²) in [5.41, 5.74) is 17.4. The van der Waals surface area contributed by atoms with E-state index in [1.54, 1.807) is 67.3 Å². The topological polar surface area (TPSA) is 472 Å². The van der Waals surface area contributed by atoms with Crippen molar-refractivity contribution in [3.63, 3.8) is 0 Å². The second-order valence-electron chi connectivity index (χ2n) is 30.9. The number of benzene rings is 3. The van der Waals surface area contributed by atoms with Gasteiger partial charge in [0.2, 0.25) is 16.7 Å². The molecule has 8 N–H and O–H groups in total. The highest BCUT2D eigenvalue weighted by Crippen LogP contribution is 2.32. The summed E-state index contributed by atoms with van der Waals surface area (Å²) >= 11 is 28.8. The van der Waals surface area contributed by atoms with Gasteiger partial charge in [0.05, 0.1) is 186 Å². The Kier molecular flexibility index (Phi) is 39.6. The van der Waals surface area contributed by atoms with Gasteiger partial charge in [-0.05, 0) is 148 Å². The molecule has 18 rings (SSSR count). The number of methoxy groups -OCH3 is 3. The average Bonchev–Trinajstić information content (AvgIpc) is 0.798. The maximum Gasteiger partial charge on any atom is 0.341 e. The molecule has 3 aromatic carbocycles. The number of aromatic nitrogens is 9. The van der Waals surface area contributed by atoms with E-state index in [0.29, 0.717) is 162 Å². The number of aromatic carboxylic acids is 1. The van der Waals surface area contributed by atoms with E-state index in [4.69, 9.17) is 107 Å². The SMILES string of the molecule is C1CCOCC1.COC(=O)c1cc(Cl)ncc1F.COC(=O)c1cc(Cl)ncc1N1CCOCC1.COC(=O)c1cc(Cl)ncc1N1CCOCC1.Cc1cc(=O)[nH]c2ccc(N)cc12.Cc1cc(=O)[nH]c2ccc(NC(=O)c3cc(C#N)ncc3N3CCOCC3)cc12.Cc1cc(=O)[nH]c2ccc(NC(=O)c3cc(Cl)ncc3N3CCOCC3)cc12.O=C(O)c1cc(Cl)ncc1N1CCOCC1. The van der Waals surface area contributed by atoms with Gasteiger partial charge in [-0.25, -0.2) is 53.5 Å². The Hall–Kier alpha value is -13.6. The van der Waals surface area contributed by atoms with E-state index >= 15 is 0 Å². The summed E-state index contributed by atoms with van der Waals surface area (Å²) < 4.78 is 58.2. The number of aryl methyl sites for hydroxylation is 3. The lowest BCUT2D eigenvalue weighted by Crippen LogP contribution is -2.37. The molecule has 37 nitrogen and oxygen atoms in total. The van der Waals surface area contributed by atoms with Crippen molar-refractivity contribution in [2.75, 3.05) is 207 Å². The first-order valence-electron chi connectivity index (χ1n) is 43.3. The van der Waals surface area contributed by atoms with Crippen LogP contribution >= 0.6 is 58.0 Å². The van der Waals surface area contributed by atoms with Crippen molar-refractivity contribution in [3.05, 3.63) is 265 Å². The highest BCUT2D eigenvalue weighted by atomic mass is 35.5. The molecule has 6 aliphatic heterocycles. The quantitative estimate of drug-likeness (QED) is 0.0244. The molecule has 0 saturated carbocycles. The molecule has 9 aromatic heterocycles. The van der Waals surface area contributed by atoms with Crippen LogP contribution in [0.2, 0.25) is 25.8 Å². The van der Waals surface area contributed by atoms with Crippen molar-refractivity contribution in [2.24, 2.45) is 0 Å². The van der Waals surface area contributed by atoms with E-state index in [1.165, 1.54) is 76.1 Å². The van der Waals surface area contributed by atoms with Gasteiger partial charge in [-0.15, -0.1) is 0 Å². The largest absolute Gasteiger partial charge is 0.478 e. The van der Waals surface area contributed by atoms with Gasteiger partial charge in [-0.3, -0.25) is 24.0 Å². The standard InChI is InChI=1S/C21H19N5O3.C20H19ClN4O3.2C11H13ClN2O3.C10H11ClN2O3.C10H10N2O.C7H5ClFNO2.C5H10O/c1-13-8-20(27)25-18-3-2-14(9-16(13)18)24-21(28)17-10-15(11-22)23-12-19(17)26-4-6-29-7-5-26;1-12-8-19(26)24-16-3-2-13(9-14(12)16)23-20(27)15-10-18(21)22-11-17(15)25-4-6-28-7-5-25;2*1-16-11(15)8-6-10(12)13-7-9(8)14-2-4-17-5-3-14;11-9-5-7(10(14)15)8(6-12-9)13-1-3-16-4-2-13;1-6-4-10(13)12-9-3-2-7(11)5-8(6)9;1-12-7(11)4-2-6(8)10-3-5(4)9;1-2-4-6-5-3-1/h2-3,8-10,12H,4-7H2,1H3,(H,24,28)(H,25,27);2-3,8-11H,4-7H2,1H3,(H,23,27)(H,24,26);2*6-7H,2-5H2,1H3;5-6H,1-4H2,(H,14,15);2-5H,11H2,1H3,(H,12,13);2-3H,1H3;1-5H2. The number of nitrogens with one attached hydrogen (secondary N) is 5. The van der Waals surface area contributed by atoms with Crippen LogP contribution < -0.4 is 57.5 Å². The van der Waals surface area contributed by atoms with Crippen LogP contribution in [0.15, 0.2) is 161 Å². The molecule has 6 fully saturated rings. The van der Waals surface area contributed by atoms with Crippen LogP contribution in [0.25, 0.3) is 32.7 Å². The Morgan fingerprint density at radius 3 is 1.01 bits per heavy atom. The highest BCUT2D eigenvalue weighted by Gasteiger charge is 2.27. The minimum atomic E-state index is -0.995. The number of amides is 2. The third kappa shape index (κ3) is 30.0. The zero-order chi connectivity index (χ0) is 98.9. The van der Waals surface area contributed by atoms with E-state index in [1.807, 2.05) is 70.7 Å². The summed E-state index contributed by atoms with van der Waals surface area (Å²) in [4.78, 5) is 148. The van der Waals surface area contributed by atoms with E-state index in [0.717, 1.165) is 120 Å². The number of nitrogens with zero attached hydrogens (tertiary/aromatic N) is 12. The van der Waals surface area contributed by atoms with Crippen LogP contribution in [0.5, 0.6) is 0 Å². The summed E-state index contributed by atoms with van der Waals surface area (Å²) in [6.45, 7) is 20.7. The lowest BCUT2D eigenvalue weighted by molar-refractivity contribution is 0.0587. The number of aromatic amines is 3. The number of rotatable bonds is 13. The Bertz CT molecular complexity index is 6450. The maximum absolute atomic E-state index is 13.1. The lowest BCUT2D eigenvalue weighted by atomic mass is 10.1. The number of pyridine rings is 9. The Labute approximate surface area is 815 Å². The predicted molar refractivity (Wildman–Crippen MR) is 524 cm³/mol. The minimum Gasteiger partial charge on any atom is -0.478 e. The zero-order valence-corrected chi connectivity index (χ0v) is 79.8. The highest BCUT2D eigenvalue weighted by molar-refractivity contribution is 6.31. The summed E-state index contributed by atoms with van der Waals surface area (Å²) in [5.74, 6) is -3.92. The summed E-state index contributed by atoms with van der Waals surface area (Å²) in [6, 6.07) is 31.4. The van der Waals surface area contributed by atoms with Crippen LogP contribution in [-0.2, 0) is 42.6 Å². The zero-order valence-electron chi connectivity index (χ0n) is 76.0. The lowest BCUT2D eigenvalue weighted by Gasteiger charge is -2.30. The number of nitrogen functional groups attached to an aromatic ring is 1. The molecule has 0 radical (unpaired) electrons. The Morgan fingerprint density at radius 1 is 0.391 bits per heavy atom. The van der Waals surface area contributed by atoms with Gasteiger partial charge in [-0.2, -0.15) is 5.26 Å². The van der Waals surface area contributed by atoms with Crippen LogP contribution in [0.3, 0.4) is 0 Å². The molecule has 0 unspecified atom stereocenters. The van der Waals surface area contributed by atoms with Crippen LogP contribution in [0.4, 0.5) is 49.9 Å². The van der Waals surface area contributed by atoms with Crippen molar-refractivity contribution in [2.45, 2.75) is 40.0 Å². The number of nitrogens with two attached hydrogens (primary N) is 1. The van der Waals surface area contributed by atoms with Crippen LogP contribution in [0, 0.1) is 37.9 Å². The number of H-pyrrole nitrogens is 3. The van der Waals surface area contributed by atoms with Crippen molar-refractivity contribution in [1.29, 1.82) is 5.26 Å². The molecule has 12 aromatic rings. The number of carboxylic acid groups (broad SMARTS) is 1. The van der Waals surface area contributed by atoms with Crippen molar-refractivity contribution < 1.29 is 80.9 Å². The molecule has 6 aliphatic rings. The number of anilines is 8. The third-order valence-electron chi connectivity index (χ3n) is 21.7. The number of morpholine rings is 5. The Balaban J connectivity index is 0.000000156. The van der Waals surface area contributed by atoms with E-state index in [2.05, 4.69) is 65.1 Å². The van der Waals surface area contributed by atoms with Gasteiger partial charge in [0.15, 0.2) is 5.82 Å². The van der Waals surface area contributed by atoms with Gasteiger partial charge < -0.3 is 104 Å². The third-order valence-corrected chi connectivity index (χ3v) is 22.7. The monoisotopic (exact) mass is 1990 g/mol. The summed E-state index contributed by atoms with van der Waals surface area (Å²) in [7, 11) is 3.86. The predicted octanol–water partition coefficient (Wildman–Crippen LogP) is 13.4. The normalized spacial score (nSPS) is 14.4. The number of carboxylic acids is 1. The number of esters is 3. The average molecular weight is 1990 g/mol. The second-order valence-corrected chi connectivity index (χ2v) is 32.9. The van der Waals surface area contributed by atoms with Crippen LogP contribution in [-0.4, -0.2) is 252 Å². The fraction of sp³-hybridized carbons (Fsp3) is 0.326. The maximum atomic E-state index is 13.1. The first-order valence-corrected chi connectivity index (χ1v) is 45.2.